The fourth-order valence-corrected chi connectivity index (χ4v) is 7.28. The third kappa shape index (κ3) is 9.71. The number of nitrogens with one attached hydrogen (secondary N) is 1. The number of aliphatic hydroxyl groups excluding tert-OH is 14. The molecule has 5 heterocycles. The maximum Gasteiger partial charge on any atom is 0.217 e. The lowest BCUT2D eigenvalue weighted by Crippen LogP contribution is -2.70. The van der Waals surface area contributed by atoms with Crippen molar-refractivity contribution in [3.63, 3.8) is 0 Å². The van der Waals surface area contributed by atoms with E-state index in [-0.39, 0.29) is 0 Å². The van der Waals surface area contributed by atoms with Crippen LogP contribution in [0.25, 0.3) is 0 Å². The first-order valence-electron chi connectivity index (χ1n) is 18.3. The average Bonchev–Trinajstić information content (AvgIpc) is 3.18. The normalized spacial score (nSPS) is 52.3. The van der Waals surface area contributed by atoms with Crippen molar-refractivity contribution in [1.82, 2.24) is 5.32 Å². The topological polar surface area (TPSA) is 395 Å². The molecule has 5 rings (SSSR count). The lowest BCUT2D eigenvalue weighted by molar-refractivity contribution is -0.408. The molecule has 0 saturated carbocycles. The van der Waals surface area contributed by atoms with Gasteiger partial charge in [-0.15, -0.1) is 0 Å². The molecule has 5 aliphatic heterocycles. The monoisotopic (exact) mass is 837 g/mol. The van der Waals surface area contributed by atoms with Crippen molar-refractivity contribution in [1.29, 1.82) is 0 Å². The molecule has 0 aromatic heterocycles. The molecule has 0 bridgehead atoms. The molecule has 5 fully saturated rings. The predicted octanol–water partition coefficient (Wildman–Crippen LogP) is -9.73. The molecule has 0 aromatic carbocycles. The van der Waals surface area contributed by atoms with Gasteiger partial charge in [0.2, 0.25) is 5.91 Å². The van der Waals surface area contributed by atoms with Gasteiger partial charge in [-0.1, -0.05) is 0 Å². The molecule has 15 N–H and O–H groups in total. The van der Waals surface area contributed by atoms with E-state index in [0.717, 1.165) is 6.92 Å². The molecule has 0 aromatic rings. The molecular formula is C32H55NO24. The molecule has 0 spiro atoms. The van der Waals surface area contributed by atoms with Crippen LogP contribution >= 0.6 is 0 Å². The predicted molar refractivity (Wildman–Crippen MR) is 175 cm³/mol. The average molecular weight is 838 g/mol. The van der Waals surface area contributed by atoms with Gasteiger partial charge in [-0.3, -0.25) is 4.79 Å². The van der Waals surface area contributed by atoms with Gasteiger partial charge in [-0.25, -0.2) is 0 Å². The Bertz CT molecular complexity index is 1290. The Morgan fingerprint density at radius 1 is 0.456 bits per heavy atom. The first-order chi connectivity index (χ1) is 26.8. The number of hydrogen-bond acceptors (Lipinski definition) is 24. The van der Waals surface area contributed by atoms with Gasteiger partial charge in [0.05, 0.1) is 32.0 Å². The van der Waals surface area contributed by atoms with Crippen LogP contribution in [-0.2, 0) is 47.4 Å². The van der Waals surface area contributed by atoms with Gasteiger partial charge in [0.25, 0.3) is 0 Å². The Labute approximate surface area is 324 Å². The van der Waals surface area contributed by atoms with Crippen molar-refractivity contribution >= 4 is 5.91 Å². The summed E-state index contributed by atoms with van der Waals surface area (Å²) in [6, 6.07) is -1.60. The van der Waals surface area contributed by atoms with Crippen molar-refractivity contribution in [2.24, 2.45) is 0 Å². The third-order valence-electron chi connectivity index (χ3n) is 10.6. The molecule has 25 heteroatoms. The smallest absolute Gasteiger partial charge is 0.217 e. The van der Waals surface area contributed by atoms with E-state index in [2.05, 4.69) is 5.32 Å². The number of carbonyl (C=O) groups is 1. The second-order valence-electron chi connectivity index (χ2n) is 14.7. The first-order valence-corrected chi connectivity index (χ1v) is 18.3. The van der Waals surface area contributed by atoms with Crippen LogP contribution in [0.4, 0.5) is 0 Å². The van der Waals surface area contributed by atoms with Gasteiger partial charge in [-0.05, 0) is 13.8 Å². The summed E-state index contributed by atoms with van der Waals surface area (Å²) in [7, 11) is 0. The highest BCUT2D eigenvalue weighted by atomic mass is 16.8. The molecule has 25 nitrogen and oxygen atoms in total. The summed E-state index contributed by atoms with van der Waals surface area (Å²) in [6.45, 7) is 0.896. The van der Waals surface area contributed by atoms with E-state index in [1.165, 1.54) is 13.8 Å². The molecule has 332 valence electrons. The minimum atomic E-state index is -2.07. The van der Waals surface area contributed by atoms with Crippen molar-refractivity contribution in [3.05, 3.63) is 0 Å². The van der Waals surface area contributed by atoms with Crippen molar-refractivity contribution in [2.45, 2.75) is 174 Å². The SMILES string of the molecule is CC(=O)N[C@H]1[C@@H](O[C@H]2[C@@H](O)[C@@H](CO)O[C@@H](O[C@@H]3[C@H](O[C@@H]4O[C@@H](C)[C@@H](O)[C@@H](O)[C@@H]4O)[C@@H](O)[C@H](O)O[C@@H]3CO)[C@@H]2O[C@@H]2O[C@@H](C)[C@@H](O)[C@@H](O)[C@@H]2O)O[C@H](CO)[C@H](O)[C@@H]1O. The van der Waals surface area contributed by atoms with Gasteiger partial charge >= 0.3 is 0 Å². The van der Waals surface area contributed by atoms with E-state index in [9.17, 15) is 76.3 Å². The molecule has 57 heavy (non-hydrogen) atoms. The van der Waals surface area contributed by atoms with Crippen LogP contribution in [-0.4, -0.2) is 251 Å². The second-order valence-corrected chi connectivity index (χ2v) is 14.7. The van der Waals surface area contributed by atoms with Crippen LogP contribution in [0.3, 0.4) is 0 Å². The first kappa shape index (κ1) is 46.6. The minimum Gasteiger partial charge on any atom is -0.394 e. The summed E-state index contributed by atoms with van der Waals surface area (Å²) in [5.74, 6) is -0.747. The zero-order valence-corrected chi connectivity index (χ0v) is 30.9. The second kappa shape index (κ2) is 19.5. The van der Waals surface area contributed by atoms with Crippen molar-refractivity contribution in [3.8, 4) is 0 Å². The fourth-order valence-electron chi connectivity index (χ4n) is 7.28. The molecule has 25 atom stereocenters. The molecule has 0 aliphatic carbocycles. The summed E-state index contributed by atoms with van der Waals surface area (Å²) in [5.41, 5.74) is 0. The summed E-state index contributed by atoms with van der Waals surface area (Å²) >= 11 is 0. The summed E-state index contributed by atoms with van der Waals surface area (Å²) in [5, 5.41) is 151. The highest BCUT2D eigenvalue weighted by Crippen LogP contribution is 2.37. The molecule has 5 aliphatic rings. The van der Waals surface area contributed by atoms with E-state index in [4.69, 9.17) is 42.6 Å². The third-order valence-corrected chi connectivity index (χ3v) is 10.6. The maximum atomic E-state index is 12.2. The van der Waals surface area contributed by atoms with Crippen LogP contribution < -0.4 is 5.32 Å². The summed E-state index contributed by atoms with van der Waals surface area (Å²) < 4.78 is 52.1. The van der Waals surface area contributed by atoms with Crippen LogP contribution in [0.2, 0.25) is 0 Å². The molecule has 1 amide bonds. The fraction of sp³-hybridized carbons (Fsp3) is 0.969. The van der Waals surface area contributed by atoms with E-state index in [1.807, 2.05) is 0 Å². The number of rotatable bonds is 12. The van der Waals surface area contributed by atoms with Gasteiger partial charge in [0.1, 0.15) is 110 Å². The van der Waals surface area contributed by atoms with Crippen molar-refractivity contribution < 1.29 is 119 Å². The Balaban J connectivity index is 1.54. The molecule has 0 radical (unpaired) electrons. The summed E-state index contributed by atoms with van der Waals surface area (Å²) in [4.78, 5) is 12.2. The minimum absolute atomic E-state index is 0.747. The Kier molecular flexibility index (Phi) is 16.0. The van der Waals surface area contributed by atoms with Crippen LogP contribution in [0, 0.1) is 0 Å². The molecule has 5 saturated heterocycles. The van der Waals surface area contributed by atoms with E-state index in [1.54, 1.807) is 0 Å². The Morgan fingerprint density at radius 3 is 1.40 bits per heavy atom. The largest absolute Gasteiger partial charge is 0.394 e. The number of aliphatic hydroxyl groups is 14. The van der Waals surface area contributed by atoms with E-state index < -0.39 is 179 Å². The number of amides is 1. The lowest BCUT2D eigenvalue weighted by Gasteiger charge is -2.51. The zero-order chi connectivity index (χ0) is 42.2. The van der Waals surface area contributed by atoms with E-state index in [0.29, 0.717) is 0 Å². The number of hydrogen-bond donors (Lipinski definition) is 15. The van der Waals surface area contributed by atoms with Gasteiger partial charge in [-0.2, -0.15) is 0 Å². The van der Waals surface area contributed by atoms with Crippen molar-refractivity contribution in [2.75, 3.05) is 19.8 Å². The summed E-state index contributed by atoms with van der Waals surface area (Å²) in [6.07, 6.45) is -42.9. The molecule has 0 unspecified atom stereocenters. The van der Waals surface area contributed by atoms with Crippen LogP contribution in [0.15, 0.2) is 0 Å². The highest BCUT2D eigenvalue weighted by molar-refractivity contribution is 5.73. The highest BCUT2D eigenvalue weighted by Gasteiger charge is 2.57. The quantitative estimate of drug-likeness (QED) is 0.0867. The number of ether oxygens (including phenoxy) is 9. The Hall–Kier alpha value is -1.45. The number of carbonyl (C=O) groups excluding carboxylic acids is 1. The van der Waals surface area contributed by atoms with Gasteiger partial charge in [0, 0.05) is 6.92 Å². The van der Waals surface area contributed by atoms with Gasteiger partial charge in [0.15, 0.2) is 31.5 Å². The zero-order valence-electron chi connectivity index (χ0n) is 30.9. The van der Waals surface area contributed by atoms with Crippen LogP contribution in [0.5, 0.6) is 0 Å². The van der Waals surface area contributed by atoms with Crippen LogP contribution in [0.1, 0.15) is 20.8 Å². The van der Waals surface area contributed by atoms with Gasteiger partial charge < -0.3 is 119 Å². The lowest BCUT2D eigenvalue weighted by atomic mass is 9.94. The van der Waals surface area contributed by atoms with E-state index >= 15 is 0 Å². The molecular weight excluding hydrogens is 782 g/mol. The Morgan fingerprint density at radius 2 is 0.895 bits per heavy atom. The maximum absolute atomic E-state index is 12.2. The standard InChI is InChI=1S/C32H55NO24/c1-7-14(38)19(43)21(45)30(49-7)56-26-23(47)28(48)51-12(6-36)24(26)54-32-27(57-31-22(46)20(44)15(39)8(2)50-31)25(17(41)11(5-35)53-32)55-29-13(33-9(3)37)18(42)16(40)10(4-34)52-29/h7-8,10-32,34-36,38-48H,4-6H2,1-3H3,(H,33,37)/t7-,8-,10+,11+,12+,13+,14+,15+,16-,17-,18+,19+,20+,21-,22-,23+,24-,25-,26+,27+,28+,29+,30-,31-,32-/m0/s1.